The molecule has 0 radical (unpaired) electrons. The molecule has 0 spiro atoms. The number of hydrogen-bond donors (Lipinski definition) is 2. The van der Waals surface area contributed by atoms with Crippen molar-refractivity contribution in [3.8, 4) is 0 Å². The van der Waals surface area contributed by atoms with E-state index in [1.165, 1.54) is 37.2 Å². The quantitative estimate of drug-likeness (QED) is 0.839. The molecule has 1 atom stereocenters. The highest BCUT2D eigenvalue weighted by molar-refractivity contribution is 8.03. The summed E-state index contributed by atoms with van der Waals surface area (Å²) in [6.07, 6.45) is 2.58. The molecule has 1 unspecified atom stereocenters. The van der Waals surface area contributed by atoms with Gasteiger partial charge in [0.05, 0.1) is 5.37 Å². The normalized spacial score (nSPS) is 25.4. The van der Waals surface area contributed by atoms with Crippen LogP contribution >= 0.6 is 11.8 Å². The van der Waals surface area contributed by atoms with Gasteiger partial charge in [0.25, 0.3) is 0 Å². The molecule has 2 nitrogen and oxygen atoms in total. The van der Waals surface area contributed by atoms with Crippen molar-refractivity contribution in [1.82, 2.24) is 10.6 Å². The molecular weight excluding hydrogens is 228 g/mol. The third-order valence-corrected chi connectivity index (χ3v) is 4.69. The van der Waals surface area contributed by atoms with Gasteiger partial charge in [0.15, 0.2) is 0 Å². The zero-order valence-electron chi connectivity index (χ0n) is 9.86. The molecule has 0 saturated carbocycles. The van der Waals surface area contributed by atoms with Crippen LogP contribution < -0.4 is 10.6 Å². The summed E-state index contributed by atoms with van der Waals surface area (Å²) in [5, 5.41) is 9.96. The van der Waals surface area contributed by atoms with Gasteiger partial charge in [-0.25, -0.2) is 0 Å². The summed E-state index contributed by atoms with van der Waals surface area (Å²) in [6.45, 7) is 2.34. The molecule has 0 aromatic heterocycles. The lowest BCUT2D eigenvalue weighted by molar-refractivity contribution is 0.355. The summed E-state index contributed by atoms with van der Waals surface area (Å²) >= 11 is 1.95. The van der Waals surface area contributed by atoms with Crippen molar-refractivity contribution < 1.29 is 0 Å². The first-order chi connectivity index (χ1) is 8.43. The molecule has 0 aliphatic carbocycles. The Hall–Kier alpha value is -0.930. The van der Waals surface area contributed by atoms with Crippen molar-refractivity contribution in [2.24, 2.45) is 5.92 Å². The fraction of sp³-hybridized carbons (Fsp3) is 0.429. The van der Waals surface area contributed by atoms with Crippen LogP contribution in [0.3, 0.4) is 0 Å². The lowest BCUT2D eigenvalue weighted by Crippen LogP contribution is -2.37. The van der Waals surface area contributed by atoms with E-state index >= 15 is 0 Å². The van der Waals surface area contributed by atoms with Crippen molar-refractivity contribution in [2.75, 3.05) is 13.1 Å². The lowest BCUT2D eigenvalue weighted by atomic mass is 9.97. The predicted octanol–water partition coefficient (Wildman–Crippen LogP) is 2.65. The molecule has 2 aliphatic heterocycles. The van der Waals surface area contributed by atoms with Crippen molar-refractivity contribution in [1.29, 1.82) is 0 Å². The van der Waals surface area contributed by atoms with E-state index in [4.69, 9.17) is 0 Å². The molecule has 1 saturated heterocycles. The number of piperidine rings is 1. The highest BCUT2D eigenvalue weighted by Gasteiger charge is 2.27. The number of nitrogens with one attached hydrogen (secondary N) is 2. The Labute approximate surface area is 107 Å². The molecule has 1 aromatic rings. The second kappa shape index (κ2) is 5.15. The Morgan fingerprint density at radius 3 is 2.59 bits per heavy atom. The Kier molecular flexibility index (Phi) is 3.39. The van der Waals surface area contributed by atoms with Crippen LogP contribution in [-0.4, -0.2) is 18.5 Å². The van der Waals surface area contributed by atoms with Crippen LogP contribution in [-0.2, 0) is 0 Å². The highest BCUT2D eigenvalue weighted by Crippen LogP contribution is 2.34. The van der Waals surface area contributed by atoms with Crippen molar-refractivity contribution in [2.45, 2.75) is 18.2 Å². The van der Waals surface area contributed by atoms with Gasteiger partial charge in [0, 0.05) is 5.70 Å². The SMILES string of the molecule is C1=C(c2ccccc2)NC(C2CCNCC2)S1. The molecule has 0 bridgehead atoms. The fourth-order valence-electron chi connectivity index (χ4n) is 2.51. The molecule has 2 heterocycles. The summed E-state index contributed by atoms with van der Waals surface area (Å²) in [7, 11) is 0. The summed E-state index contributed by atoms with van der Waals surface area (Å²) in [6, 6.07) is 10.6. The van der Waals surface area contributed by atoms with E-state index in [2.05, 4.69) is 46.4 Å². The fourth-order valence-corrected chi connectivity index (χ4v) is 3.68. The first kappa shape index (κ1) is 11.2. The third kappa shape index (κ3) is 2.50. The second-order valence-electron chi connectivity index (χ2n) is 4.69. The summed E-state index contributed by atoms with van der Waals surface area (Å²) < 4.78 is 0. The number of rotatable bonds is 2. The average molecular weight is 246 g/mol. The smallest absolute Gasteiger partial charge is 0.0793 e. The molecule has 2 N–H and O–H groups in total. The van der Waals surface area contributed by atoms with Gasteiger partial charge >= 0.3 is 0 Å². The van der Waals surface area contributed by atoms with Gasteiger partial charge in [-0.1, -0.05) is 30.3 Å². The lowest BCUT2D eigenvalue weighted by Gasteiger charge is -2.28. The number of thioether (sulfide) groups is 1. The van der Waals surface area contributed by atoms with Crippen LogP contribution in [0, 0.1) is 5.92 Å². The van der Waals surface area contributed by atoms with Gasteiger partial charge in [-0.3, -0.25) is 0 Å². The molecule has 1 aromatic carbocycles. The zero-order valence-corrected chi connectivity index (χ0v) is 10.7. The van der Waals surface area contributed by atoms with Gasteiger partial charge < -0.3 is 10.6 Å². The molecule has 0 amide bonds. The predicted molar refractivity (Wildman–Crippen MR) is 74.5 cm³/mol. The summed E-state index contributed by atoms with van der Waals surface area (Å²) in [5.41, 5.74) is 2.59. The Morgan fingerprint density at radius 2 is 1.82 bits per heavy atom. The van der Waals surface area contributed by atoms with E-state index in [1.54, 1.807) is 0 Å². The van der Waals surface area contributed by atoms with Gasteiger partial charge in [-0.05, 0) is 42.8 Å². The molecule has 3 rings (SSSR count). The third-order valence-electron chi connectivity index (χ3n) is 3.53. The number of benzene rings is 1. The Morgan fingerprint density at radius 1 is 1.06 bits per heavy atom. The standard InChI is InChI=1S/C14H18N2S/c1-2-4-11(5-3-1)13-10-17-14(16-13)12-6-8-15-9-7-12/h1-5,10,12,14-16H,6-9H2. The van der Waals surface area contributed by atoms with E-state index in [0.717, 1.165) is 5.92 Å². The van der Waals surface area contributed by atoms with E-state index < -0.39 is 0 Å². The average Bonchev–Trinajstić information content (AvgIpc) is 2.90. The first-order valence-electron chi connectivity index (χ1n) is 6.32. The van der Waals surface area contributed by atoms with E-state index in [0.29, 0.717) is 5.37 Å². The van der Waals surface area contributed by atoms with Crippen LogP contribution in [0.4, 0.5) is 0 Å². The van der Waals surface area contributed by atoms with E-state index in [9.17, 15) is 0 Å². The molecule has 17 heavy (non-hydrogen) atoms. The second-order valence-corrected chi connectivity index (χ2v) is 5.70. The highest BCUT2D eigenvalue weighted by atomic mass is 32.2. The minimum atomic E-state index is 0.576. The van der Waals surface area contributed by atoms with Crippen LogP contribution in [0.15, 0.2) is 35.7 Å². The maximum atomic E-state index is 3.67. The summed E-state index contributed by atoms with van der Waals surface area (Å²) in [4.78, 5) is 0. The van der Waals surface area contributed by atoms with Gasteiger partial charge in [0.1, 0.15) is 0 Å². The van der Waals surface area contributed by atoms with Gasteiger partial charge in [-0.2, -0.15) is 0 Å². The largest absolute Gasteiger partial charge is 0.372 e. The minimum absolute atomic E-state index is 0.576. The zero-order chi connectivity index (χ0) is 11.5. The molecule has 1 fully saturated rings. The topological polar surface area (TPSA) is 24.1 Å². The van der Waals surface area contributed by atoms with Crippen LogP contribution in [0.25, 0.3) is 5.70 Å². The number of hydrogen-bond acceptors (Lipinski definition) is 3. The monoisotopic (exact) mass is 246 g/mol. The minimum Gasteiger partial charge on any atom is -0.372 e. The van der Waals surface area contributed by atoms with Crippen LogP contribution in [0.5, 0.6) is 0 Å². The summed E-state index contributed by atoms with van der Waals surface area (Å²) in [5.74, 6) is 0.804. The van der Waals surface area contributed by atoms with E-state index in [-0.39, 0.29) is 0 Å². The van der Waals surface area contributed by atoms with Crippen LogP contribution in [0.1, 0.15) is 18.4 Å². The van der Waals surface area contributed by atoms with Crippen molar-refractivity contribution >= 4 is 17.5 Å². The van der Waals surface area contributed by atoms with Crippen molar-refractivity contribution in [3.63, 3.8) is 0 Å². The molecule has 2 aliphatic rings. The van der Waals surface area contributed by atoms with Gasteiger partial charge in [-0.15, -0.1) is 11.8 Å². The first-order valence-corrected chi connectivity index (χ1v) is 7.26. The Balaban J connectivity index is 1.64. The molecule has 90 valence electrons. The van der Waals surface area contributed by atoms with Gasteiger partial charge in [0.2, 0.25) is 0 Å². The van der Waals surface area contributed by atoms with E-state index in [1.807, 2.05) is 11.8 Å². The van der Waals surface area contributed by atoms with Crippen molar-refractivity contribution in [3.05, 3.63) is 41.3 Å². The Bertz CT molecular complexity index is 396. The maximum Gasteiger partial charge on any atom is 0.0793 e. The maximum absolute atomic E-state index is 3.67. The molecular formula is C14H18N2S. The van der Waals surface area contributed by atoms with Crippen LogP contribution in [0.2, 0.25) is 0 Å². The molecule has 3 heteroatoms.